The molecule has 4 aromatic rings. The molecule has 0 amide bonds. The lowest BCUT2D eigenvalue weighted by molar-refractivity contribution is -0.275. The van der Waals surface area contributed by atoms with Gasteiger partial charge in [0.1, 0.15) is 11.5 Å². The number of rotatable bonds is 8. The van der Waals surface area contributed by atoms with E-state index in [-0.39, 0.29) is 22.7 Å². The maximum absolute atomic E-state index is 13.1. The van der Waals surface area contributed by atoms with Gasteiger partial charge in [-0.05, 0) is 71.4 Å². The Bertz CT molecular complexity index is 1440. The molecule has 0 aliphatic carbocycles. The summed E-state index contributed by atoms with van der Waals surface area (Å²) in [5.41, 5.74) is 0.145. The van der Waals surface area contributed by atoms with Crippen molar-refractivity contribution >= 4 is 34.6 Å². The fraction of sp³-hybridized carbons (Fsp3) is 0.138. The molecule has 0 aliphatic heterocycles. The van der Waals surface area contributed by atoms with Gasteiger partial charge in [-0.2, -0.15) is 0 Å². The molecule has 0 bridgehead atoms. The zero-order valence-electron chi connectivity index (χ0n) is 20.9. The predicted molar refractivity (Wildman–Crippen MR) is 148 cm³/mol. The Balaban J connectivity index is 1.89. The molecule has 0 spiro atoms. The Morgan fingerprint density at radius 2 is 1.22 bits per heavy atom. The molecule has 4 nitrogen and oxygen atoms in total. The summed E-state index contributed by atoms with van der Waals surface area (Å²) in [6, 6.07) is 25.8. The lowest BCUT2D eigenvalue weighted by Crippen LogP contribution is -2.50. The molecule has 2 N–H and O–H groups in total. The van der Waals surface area contributed by atoms with Crippen molar-refractivity contribution in [2.24, 2.45) is 0 Å². The lowest BCUT2D eigenvalue weighted by Gasteiger charge is -2.38. The van der Waals surface area contributed by atoms with Crippen LogP contribution in [-0.2, 0) is 12.0 Å². The topological polar surface area (TPSA) is 42.5 Å². The fourth-order valence-corrected chi connectivity index (χ4v) is 4.78. The molecule has 0 unspecified atom stereocenters. The van der Waals surface area contributed by atoms with Crippen LogP contribution in [0.15, 0.2) is 103 Å². The van der Waals surface area contributed by atoms with E-state index in [0.717, 1.165) is 24.3 Å². The van der Waals surface area contributed by atoms with Gasteiger partial charge < -0.3 is 20.1 Å². The van der Waals surface area contributed by atoms with Crippen LogP contribution in [0.5, 0.6) is 11.5 Å². The normalized spacial score (nSPS) is 12.0. The third kappa shape index (κ3) is 8.51. The largest absolute Gasteiger partial charge is 0.573 e. The first-order chi connectivity index (χ1) is 19.3. The first-order valence-electron chi connectivity index (χ1n) is 11.9. The van der Waals surface area contributed by atoms with Gasteiger partial charge in [-0.15, -0.1) is 26.3 Å². The van der Waals surface area contributed by atoms with Crippen molar-refractivity contribution in [1.29, 1.82) is 0 Å². The van der Waals surface area contributed by atoms with Gasteiger partial charge in [0, 0.05) is 17.1 Å². The van der Waals surface area contributed by atoms with E-state index < -0.39 is 29.8 Å². The van der Waals surface area contributed by atoms with Crippen LogP contribution in [0, 0.1) is 0 Å². The molecular weight excluding hydrogens is 590 g/mol. The van der Waals surface area contributed by atoms with Gasteiger partial charge in [0.05, 0.1) is 5.54 Å². The minimum absolute atomic E-state index is 0.0208. The van der Waals surface area contributed by atoms with Crippen LogP contribution >= 0.6 is 23.8 Å². The average molecular weight is 611 g/mol. The maximum atomic E-state index is 13.1. The van der Waals surface area contributed by atoms with Crippen molar-refractivity contribution in [3.05, 3.63) is 125 Å². The quantitative estimate of drug-likeness (QED) is 0.154. The molecule has 0 radical (unpaired) electrons. The molecule has 0 aliphatic rings. The highest BCUT2D eigenvalue weighted by atomic mass is 35.5. The molecule has 0 atom stereocenters. The average Bonchev–Trinajstić information content (AvgIpc) is 2.87. The summed E-state index contributed by atoms with van der Waals surface area (Å²) in [4.78, 5) is 0. The molecule has 12 heteroatoms. The van der Waals surface area contributed by atoms with Gasteiger partial charge in [-0.3, -0.25) is 0 Å². The van der Waals surface area contributed by atoms with Crippen molar-refractivity contribution in [2.45, 2.75) is 24.7 Å². The highest BCUT2D eigenvalue weighted by Gasteiger charge is 2.38. The number of benzene rings is 4. The second-order valence-corrected chi connectivity index (χ2v) is 9.65. The van der Waals surface area contributed by atoms with Crippen LogP contribution < -0.4 is 20.1 Å². The molecule has 214 valence electrons. The van der Waals surface area contributed by atoms with Crippen LogP contribution in [0.1, 0.15) is 16.7 Å². The number of alkyl halides is 6. The number of hydrogen-bond acceptors (Lipinski definition) is 3. The molecule has 0 saturated carbocycles. The number of hydrogen-bond donors (Lipinski definition) is 2. The van der Waals surface area contributed by atoms with Crippen LogP contribution in [0.25, 0.3) is 0 Å². The summed E-state index contributed by atoms with van der Waals surface area (Å²) in [7, 11) is 0. The van der Waals surface area contributed by atoms with Crippen molar-refractivity contribution in [3.8, 4) is 11.5 Å². The minimum Gasteiger partial charge on any atom is -0.406 e. The molecule has 0 heterocycles. The SMILES string of the molecule is FC(F)(F)Oc1cccc(C(Cc2ccccc2)(NC(=S)Nc2cccc(Cl)c2)c2cccc(OC(F)(F)F)c2)c1. The summed E-state index contributed by atoms with van der Waals surface area (Å²) in [5.74, 6) is -1.05. The van der Waals surface area contributed by atoms with Crippen molar-refractivity contribution < 1.29 is 35.8 Å². The Kier molecular flexibility index (Phi) is 8.98. The number of nitrogens with one attached hydrogen (secondary N) is 2. The third-order valence-electron chi connectivity index (χ3n) is 5.84. The molecule has 41 heavy (non-hydrogen) atoms. The Morgan fingerprint density at radius 1 is 0.683 bits per heavy atom. The minimum atomic E-state index is -4.97. The molecular formula is C29H21ClF6N2O2S. The number of ether oxygens (including phenoxy) is 2. The van der Waals surface area contributed by atoms with Gasteiger partial charge in [0.2, 0.25) is 0 Å². The van der Waals surface area contributed by atoms with E-state index in [1.54, 1.807) is 54.6 Å². The molecule has 4 rings (SSSR count). The molecule has 0 fully saturated rings. The van der Waals surface area contributed by atoms with Crippen molar-refractivity contribution in [3.63, 3.8) is 0 Å². The highest BCUT2D eigenvalue weighted by Crippen LogP contribution is 2.38. The molecule has 4 aromatic carbocycles. The van der Waals surface area contributed by atoms with E-state index in [4.69, 9.17) is 23.8 Å². The summed E-state index contributed by atoms with van der Waals surface area (Å²) in [5, 5.41) is 6.59. The molecule has 0 saturated heterocycles. The Hall–Kier alpha value is -3.96. The third-order valence-corrected chi connectivity index (χ3v) is 6.28. The Morgan fingerprint density at radius 3 is 1.73 bits per heavy atom. The highest BCUT2D eigenvalue weighted by molar-refractivity contribution is 7.80. The van der Waals surface area contributed by atoms with E-state index in [9.17, 15) is 26.3 Å². The van der Waals surface area contributed by atoms with E-state index in [2.05, 4.69) is 20.1 Å². The van der Waals surface area contributed by atoms with Gasteiger partial charge in [-0.25, -0.2) is 0 Å². The summed E-state index contributed by atoms with van der Waals surface area (Å²) >= 11 is 11.7. The standard InChI is InChI=1S/C29H21ClF6N2O2S/c30-22-11-6-12-23(17-22)37-26(41)38-27(18-19-7-2-1-3-8-19,20-9-4-13-24(15-20)39-28(31,32)33)21-10-5-14-25(16-21)40-29(34,35)36/h1-17H,18H2,(H2,37,38,41). The lowest BCUT2D eigenvalue weighted by atomic mass is 9.77. The van der Waals surface area contributed by atoms with Gasteiger partial charge in [0.15, 0.2) is 5.11 Å². The number of thiocarbonyl (C=S) groups is 1. The van der Waals surface area contributed by atoms with Gasteiger partial charge in [-0.1, -0.05) is 72.3 Å². The number of anilines is 1. The first kappa shape index (κ1) is 30.0. The monoisotopic (exact) mass is 610 g/mol. The van der Waals surface area contributed by atoms with Crippen LogP contribution in [0.3, 0.4) is 0 Å². The maximum Gasteiger partial charge on any atom is 0.573 e. The van der Waals surface area contributed by atoms with Crippen LogP contribution in [0.2, 0.25) is 5.02 Å². The molecule has 0 aromatic heterocycles. The van der Waals surface area contributed by atoms with E-state index in [0.29, 0.717) is 16.3 Å². The summed E-state index contributed by atoms with van der Waals surface area (Å²) in [6.07, 6.45) is -9.90. The van der Waals surface area contributed by atoms with Crippen molar-refractivity contribution in [1.82, 2.24) is 5.32 Å². The zero-order chi connectivity index (χ0) is 29.7. The van der Waals surface area contributed by atoms with Gasteiger partial charge >= 0.3 is 12.7 Å². The summed E-state index contributed by atoms with van der Waals surface area (Å²) < 4.78 is 87.1. The first-order valence-corrected chi connectivity index (χ1v) is 12.7. The van der Waals surface area contributed by atoms with E-state index in [1.807, 2.05) is 0 Å². The van der Waals surface area contributed by atoms with E-state index >= 15 is 0 Å². The number of halogens is 7. The fourth-order valence-electron chi connectivity index (χ4n) is 4.30. The second kappa shape index (κ2) is 12.3. The van der Waals surface area contributed by atoms with Crippen LogP contribution in [-0.4, -0.2) is 17.8 Å². The van der Waals surface area contributed by atoms with Gasteiger partial charge in [0.25, 0.3) is 0 Å². The smallest absolute Gasteiger partial charge is 0.406 e. The van der Waals surface area contributed by atoms with Crippen molar-refractivity contribution in [2.75, 3.05) is 5.32 Å². The van der Waals surface area contributed by atoms with Crippen LogP contribution in [0.4, 0.5) is 32.0 Å². The Labute approximate surface area is 241 Å². The summed E-state index contributed by atoms with van der Waals surface area (Å²) in [6.45, 7) is 0. The predicted octanol–water partition coefficient (Wildman–Crippen LogP) is 8.61. The van der Waals surface area contributed by atoms with E-state index in [1.165, 1.54) is 24.3 Å². The second-order valence-electron chi connectivity index (χ2n) is 8.81. The zero-order valence-corrected chi connectivity index (χ0v) is 22.5.